The number of para-hydroxylation sites is 1. The summed E-state index contributed by atoms with van der Waals surface area (Å²) in [7, 11) is 0. The van der Waals surface area contributed by atoms with E-state index in [1.54, 1.807) is 0 Å². The lowest BCUT2D eigenvalue weighted by molar-refractivity contribution is 0.0696. The molecule has 0 aliphatic heterocycles. The van der Waals surface area contributed by atoms with Gasteiger partial charge in [0.15, 0.2) is 0 Å². The zero-order chi connectivity index (χ0) is 26.8. The maximum absolute atomic E-state index is 12.9. The molecule has 194 valence electrons. The van der Waals surface area contributed by atoms with Gasteiger partial charge < -0.3 is 19.6 Å². The molecule has 0 radical (unpaired) electrons. The molecule has 7 heteroatoms. The number of H-pyrrole nitrogens is 1. The maximum atomic E-state index is 12.9. The zero-order valence-electron chi connectivity index (χ0n) is 21.0. The minimum absolute atomic E-state index is 0.0650. The van der Waals surface area contributed by atoms with Gasteiger partial charge in [0, 0.05) is 29.4 Å². The molecule has 0 atom stereocenters. The topological polar surface area (TPSA) is 101 Å². The van der Waals surface area contributed by atoms with Gasteiger partial charge in [0.05, 0.1) is 17.9 Å². The van der Waals surface area contributed by atoms with Gasteiger partial charge in [0.25, 0.3) is 0 Å². The largest absolute Gasteiger partial charge is 0.491 e. The van der Waals surface area contributed by atoms with Crippen molar-refractivity contribution in [3.05, 3.63) is 119 Å². The van der Waals surface area contributed by atoms with Crippen LogP contribution in [0.2, 0.25) is 0 Å². The van der Waals surface area contributed by atoms with Crippen molar-refractivity contribution in [2.75, 3.05) is 18.5 Å². The molecular weight excluding hydrogens is 492 g/mol. The van der Waals surface area contributed by atoms with Crippen LogP contribution in [0.3, 0.4) is 0 Å². The predicted molar refractivity (Wildman–Crippen MR) is 150 cm³/mol. The van der Waals surface area contributed by atoms with Crippen molar-refractivity contribution in [1.82, 2.24) is 4.98 Å². The van der Waals surface area contributed by atoms with Crippen molar-refractivity contribution in [3.8, 4) is 16.9 Å². The highest BCUT2D eigenvalue weighted by Crippen LogP contribution is 2.44. The highest BCUT2D eigenvalue weighted by atomic mass is 16.5. The van der Waals surface area contributed by atoms with Gasteiger partial charge in [-0.25, -0.2) is 9.59 Å². The van der Waals surface area contributed by atoms with Gasteiger partial charge in [0.1, 0.15) is 12.4 Å². The van der Waals surface area contributed by atoms with Gasteiger partial charge >= 0.3 is 12.1 Å². The Kier molecular flexibility index (Phi) is 6.47. The summed E-state index contributed by atoms with van der Waals surface area (Å²) in [6.07, 6.45) is 1.91. The van der Waals surface area contributed by atoms with Crippen LogP contribution in [-0.2, 0) is 11.2 Å². The molecule has 5 aromatic rings. The Labute approximate surface area is 225 Å². The number of amides is 1. The van der Waals surface area contributed by atoms with E-state index in [4.69, 9.17) is 9.47 Å². The lowest BCUT2D eigenvalue weighted by Gasteiger charge is -2.16. The number of fused-ring (bicyclic) bond motifs is 4. The number of carboxylic acids is 1. The fourth-order valence-corrected chi connectivity index (χ4v) is 5.23. The van der Waals surface area contributed by atoms with E-state index in [0.717, 1.165) is 38.7 Å². The molecule has 0 saturated carbocycles. The van der Waals surface area contributed by atoms with E-state index in [1.165, 1.54) is 18.2 Å². The van der Waals surface area contributed by atoms with Crippen LogP contribution in [-0.4, -0.2) is 35.4 Å². The summed E-state index contributed by atoms with van der Waals surface area (Å²) in [5.74, 6) is -0.878. The smallest absolute Gasteiger partial charge is 0.411 e. The van der Waals surface area contributed by atoms with Crippen molar-refractivity contribution in [2.45, 2.75) is 12.3 Å². The number of carbonyl (C=O) groups is 2. The van der Waals surface area contributed by atoms with Crippen LogP contribution < -0.4 is 10.1 Å². The quantitative estimate of drug-likeness (QED) is 0.209. The number of hydrogen-bond donors (Lipinski definition) is 3. The zero-order valence-corrected chi connectivity index (χ0v) is 21.0. The molecule has 0 bridgehead atoms. The lowest BCUT2D eigenvalue weighted by Crippen LogP contribution is -2.18. The second-order valence-corrected chi connectivity index (χ2v) is 9.42. The van der Waals surface area contributed by atoms with Gasteiger partial charge in [-0.3, -0.25) is 5.32 Å². The molecule has 1 aliphatic carbocycles. The van der Waals surface area contributed by atoms with E-state index in [-0.39, 0.29) is 23.8 Å². The third kappa shape index (κ3) is 4.82. The molecule has 0 spiro atoms. The molecule has 1 amide bonds. The van der Waals surface area contributed by atoms with Gasteiger partial charge in [-0.15, -0.1) is 0 Å². The SMILES string of the molecule is O=C(Nc1ccc(C(=O)O)cc1OCCc1c[nH]c2ccccc12)OCC1c2ccccc2-c2ccccc21. The lowest BCUT2D eigenvalue weighted by atomic mass is 9.98. The number of ether oxygens (including phenoxy) is 2. The standard InChI is InChI=1S/C32H26N2O5/c35-31(36)20-13-14-29(30(17-20)38-16-15-21-18-33-28-12-6-5-7-22(21)28)34-32(37)39-19-27-25-10-3-1-8-23(25)24-9-2-4-11-26(24)27/h1-14,17-18,27,33H,15-16,19H2,(H,34,37)(H,35,36). The van der Waals surface area contributed by atoms with Crippen molar-refractivity contribution in [1.29, 1.82) is 0 Å². The number of nitrogens with one attached hydrogen (secondary N) is 2. The van der Waals surface area contributed by atoms with E-state index in [0.29, 0.717) is 18.7 Å². The van der Waals surface area contributed by atoms with Crippen molar-refractivity contribution in [3.63, 3.8) is 0 Å². The van der Waals surface area contributed by atoms with Crippen LogP contribution in [0.1, 0.15) is 33.0 Å². The van der Waals surface area contributed by atoms with Gasteiger partial charge in [-0.05, 0) is 52.1 Å². The number of aromatic nitrogens is 1. The number of carbonyl (C=O) groups excluding carboxylic acids is 1. The second kappa shape index (κ2) is 10.4. The molecular formula is C32H26N2O5. The third-order valence-electron chi connectivity index (χ3n) is 7.11. The second-order valence-electron chi connectivity index (χ2n) is 9.42. The number of carboxylic acid groups (broad SMARTS) is 1. The summed E-state index contributed by atoms with van der Waals surface area (Å²) < 4.78 is 11.6. The van der Waals surface area contributed by atoms with E-state index in [9.17, 15) is 14.7 Å². The molecule has 6 rings (SSSR count). The van der Waals surface area contributed by atoms with Crippen LogP contribution in [0.25, 0.3) is 22.0 Å². The summed E-state index contributed by atoms with van der Waals surface area (Å²) in [4.78, 5) is 27.7. The van der Waals surface area contributed by atoms with E-state index < -0.39 is 12.1 Å². The fourth-order valence-electron chi connectivity index (χ4n) is 5.23. The minimum atomic E-state index is -1.08. The molecule has 7 nitrogen and oxygen atoms in total. The summed E-state index contributed by atoms with van der Waals surface area (Å²) in [6.45, 7) is 0.466. The van der Waals surface area contributed by atoms with Crippen LogP contribution in [0.15, 0.2) is 97.2 Å². The molecule has 0 unspecified atom stereocenters. The molecule has 0 saturated heterocycles. The van der Waals surface area contributed by atoms with Gasteiger partial charge in [0.2, 0.25) is 0 Å². The summed E-state index contributed by atoms with van der Waals surface area (Å²) in [5, 5.41) is 13.3. The Morgan fingerprint density at radius 2 is 1.56 bits per heavy atom. The van der Waals surface area contributed by atoms with E-state index in [2.05, 4.69) is 34.6 Å². The molecule has 4 aromatic carbocycles. The number of hydrogen-bond acceptors (Lipinski definition) is 4. The summed E-state index contributed by atoms with van der Waals surface area (Å²) in [5.41, 5.74) is 7.09. The normalized spacial score (nSPS) is 12.1. The van der Waals surface area contributed by atoms with Crippen molar-refractivity contribution in [2.24, 2.45) is 0 Å². The average Bonchev–Trinajstić information content (AvgIpc) is 3.51. The van der Waals surface area contributed by atoms with Gasteiger partial charge in [-0.1, -0.05) is 66.7 Å². The van der Waals surface area contributed by atoms with Crippen LogP contribution >= 0.6 is 0 Å². The van der Waals surface area contributed by atoms with E-state index >= 15 is 0 Å². The van der Waals surface area contributed by atoms with Crippen molar-refractivity contribution >= 4 is 28.7 Å². The van der Waals surface area contributed by atoms with Crippen LogP contribution in [0.5, 0.6) is 5.75 Å². The molecule has 1 aromatic heterocycles. The van der Waals surface area contributed by atoms with Gasteiger partial charge in [-0.2, -0.15) is 0 Å². The number of benzene rings is 4. The molecule has 1 heterocycles. The summed E-state index contributed by atoms with van der Waals surface area (Å²) >= 11 is 0. The monoisotopic (exact) mass is 518 g/mol. The van der Waals surface area contributed by atoms with Crippen molar-refractivity contribution < 1.29 is 24.2 Å². The first-order valence-electron chi connectivity index (χ1n) is 12.8. The van der Waals surface area contributed by atoms with Crippen LogP contribution in [0.4, 0.5) is 10.5 Å². The molecule has 1 aliphatic rings. The highest BCUT2D eigenvalue weighted by Gasteiger charge is 2.29. The fraction of sp³-hybridized carbons (Fsp3) is 0.125. The minimum Gasteiger partial charge on any atom is -0.491 e. The predicted octanol–water partition coefficient (Wildman–Crippen LogP) is 6.85. The Bertz CT molecular complexity index is 1640. The Morgan fingerprint density at radius 1 is 0.872 bits per heavy atom. The third-order valence-corrected chi connectivity index (χ3v) is 7.11. The molecule has 39 heavy (non-hydrogen) atoms. The first-order valence-corrected chi connectivity index (χ1v) is 12.8. The van der Waals surface area contributed by atoms with Crippen LogP contribution in [0, 0.1) is 0 Å². The Morgan fingerprint density at radius 3 is 2.31 bits per heavy atom. The maximum Gasteiger partial charge on any atom is 0.411 e. The molecule has 3 N–H and O–H groups in total. The van der Waals surface area contributed by atoms with E-state index in [1.807, 2.05) is 54.7 Å². The first kappa shape index (κ1) is 24.3. The first-order chi connectivity index (χ1) is 19.1. The number of aromatic carboxylic acids is 1. The Hall–Kier alpha value is -5.04. The number of rotatable bonds is 8. The highest BCUT2D eigenvalue weighted by molar-refractivity contribution is 5.92. The Balaban J connectivity index is 1.15. The number of aromatic amines is 1. The average molecular weight is 519 g/mol. The molecule has 0 fully saturated rings. The summed E-state index contributed by atoms with van der Waals surface area (Å²) in [6, 6.07) is 28.6. The number of anilines is 1.